The largest absolute Gasteiger partial charge is 0.481 e. The van der Waals surface area contributed by atoms with Crippen molar-refractivity contribution in [2.75, 3.05) is 11.9 Å². The Kier molecular flexibility index (Phi) is 9.80. The number of para-hydroxylation sites is 1. The average Bonchev–Trinajstić information content (AvgIpc) is 3.29. The summed E-state index contributed by atoms with van der Waals surface area (Å²) in [5.74, 6) is 1.18. The first-order chi connectivity index (χ1) is 16.1. The molecule has 0 aliphatic heterocycles. The van der Waals surface area contributed by atoms with Gasteiger partial charge in [0.05, 0.1) is 30.1 Å². The molecule has 0 radical (unpaired) electrons. The molecule has 0 aliphatic rings. The van der Waals surface area contributed by atoms with Gasteiger partial charge in [-0.05, 0) is 36.8 Å². The van der Waals surface area contributed by atoms with Crippen molar-refractivity contribution in [1.82, 2.24) is 15.0 Å². The van der Waals surface area contributed by atoms with Gasteiger partial charge in [0.1, 0.15) is 0 Å². The van der Waals surface area contributed by atoms with Gasteiger partial charge in [-0.15, -0.1) is 0 Å². The number of rotatable bonds is 14. The molecule has 0 saturated carbocycles. The van der Waals surface area contributed by atoms with E-state index in [1.807, 2.05) is 58.0 Å². The second-order valence-corrected chi connectivity index (χ2v) is 9.69. The number of nitrogens with zero attached hydrogens (tertiary/aromatic N) is 2. The zero-order valence-electron chi connectivity index (χ0n) is 20.4. The van der Waals surface area contributed by atoms with Gasteiger partial charge in [0, 0.05) is 24.6 Å². The monoisotopic (exact) mass is 471 g/mol. The van der Waals surface area contributed by atoms with Crippen molar-refractivity contribution in [2.24, 2.45) is 34.9 Å². The molecule has 1 amide bonds. The number of hydrogen-bond acceptors (Lipinski definition) is 6. The molecular formula is C25H37N5O4. The van der Waals surface area contributed by atoms with E-state index in [0.717, 1.165) is 5.69 Å². The molecule has 1 aromatic heterocycles. The highest BCUT2D eigenvalue weighted by Gasteiger charge is 2.54. The van der Waals surface area contributed by atoms with Crippen LogP contribution in [0.4, 0.5) is 5.69 Å². The summed E-state index contributed by atoms with van der Waals surface area (Å²) in [5.41, 5.74) is 1.52. The van der Waals surface area contributed by atoms with Crippen molar-refractivity contribution in [3.05, 3.63) is 49.1 Å². The van der Waals surface area contributed by atoms with Crippen molar-refractivity contribution < 1.29 is 19.5 Å². The summed E-state index contributed by atoms with van der Waals surface area (Å²) in [6.45, 7) is 7.73. The van der Waals surface area contributed by atoms with Crippen molar-refractivity contribution in [2.45, 2.75) is 47.1 Å². The van der Waals surface area contributed by atoms with E-state index >= 15 is 0 Å². The predicted octanol–water partition coefficient (Wildman–Crippen LogP) is 2.95. The van der Waals surface area contributed by atoms with Crippen LogP contribution in [0.2, 0.25) is 0 Å². The maximum atomic E-state index is 14.0. The topological polar surface area (TPSA) is 139 Å². The minimum Gasteiger partial charge on any atom is -0.481 e. The third kappa shape index (κ3) is 6.90. The average molecular weight is 472 g/mol. The Morgan fingerprint density at radius 2 is 1.79 bits per heavy atom. The van der Waals surface area contributed by atoms with E-state index in [-0.39, 0.29) is 43.6 Å². The first kappa shape index (κ1) is 27.0. The summed E-state index contributed by atoms with van der Waals surface area (Å²) < 4.78 is 1.62. The fraction of sp³-hybridized carbons (Fsp3) is 0.520. The van der Waals surface area contributed by atoms with E-state index in [1.165, 1.54) is 6.33 Å². The lowest BCUT2D eigenvalue weighted by molar-refractivity contribution is -0.160. The van der Waals surface area contributed by atoms with Gasteiger partial charge in [-0.3, -0.25) is 19.8 Å². The van der Waals surface area contributed by atoms with E-state index in [4.69, 9.17) is 5.84 Å². The van der Waals surface area contributed by atoms with Gasteiger partial charge in [-0.1, -0.05) is 45.9 Å². The molecule has 0 aliphatic carbocycles. The summed E-state index contributed by atoms with van der Waals surface area (Å²) in [6.07, 6.45) is 5.32. The quantitative estimate of drug-likeness (QED) is 0.189. The number of nitrogens with two attached hydrogens (primary N) is 1. The number of hydrazine groups is 1. The molecule has 2 aromatic rings. The highest BCUT2D eigenvalue weighted by atomic mass is 16.4. The summed E-state index contributed by atoms with van der Waals surface area (Å²) in [4.78, 5) is 43.8. The smallest absolute Gasteiger partial charge is 0.308 e. The Morgan fingerprint density at radius 1 is 1.12 bits per heavy atom. The molecule has 1 aromatic carbocycles. The number of hydrogen-bond donors (Lipinski definition) is 4. The van der Waals surface area contributed by atoms with Gasteiger partial charge in [-0.2, -0.15) is 0 Å². The SMILES string of the molecule is CC(C)C[C@@H](C(=O)NN)[C@H](C(=O)O)C(CNc1ccccc1)(CC(C)C)C(=O)Cn1ccnc1. The van der Waals surface area contributed by atoms with Crippen LogP contribution in [0.25, 0.3) is 0 Å². The second kappa shape index (κ2) is 12.3. The Balaban J connectivity index is 2.65. The van der Waals surface area contributed by atoms with Crippen LogP contribution in [0.3, 0.4) is 0 Å². The number of aliphatic carboxylic acids is 1. The molecule has 186 valence electrons. The van der Waals surface area contributed by atoms with Crippen molar-refractivity contribution in [1.29, 1.82) is 0 Å². The molecular weight excluding hydrogens is 434 g/mol. The van der Waals surface area contributed by atoms with Crippen LogP contribution in [0.1, 0.15) is 40.5 Å². The number of benzene rings is 1. The summed E-state index contributed by atoms with van der Waals surface area (Å²) in [6, 6.07) is 9.31. The third-order valence-electron chi connectivity index (χ3n) is 6.06. The van der Waals surface area contributed by atoms with Crippen LogP contribution < -0.4 is 16.6 Å². The fourth-order valence-corrected chi connectivity index (χ4v) is 4.75. The Morgan fingerprint density at radius 3 is 2.29 bits per heavy atom. The Labute approximate surface area is 201 Å². The zero-order chi connectivity index (χ0) is 25.3. The Hall–Kier alpha value is -3.20. The van der Waals surface area contributed by atoms with Crippen LogP contribution in [0, 0.1) is 29.1 Å². The van der Waals surface area contributed by atoms with Crippen LogP contribution >= 0.6 is 0 Å². The standard InChI is InChI=1S/C25H37N5O4/c1-17(2)12-20(23(32)29-26)22(24(33)34)25(13-18(3)4,15-28-19-8-6-5-7-9-19)21(31)14-30-11-10-27-16-30/h5-11,16-18,20,22,28H,12-15,26H2,1-4H3,(H,29,32)(H,33,34)/t20-,22-,25?/m1/s1. The van der Waals surface area contributed by atoms with Crippen LogP contribution in [0.15, 0.2) is 49.1 Å². The highest BCUT2D eigenvalue weighted by Crippen LogP contribution is 2.43. The maximum Gasteiger partial charge on any atom is 0.308 e. The van der Waals surface area contributed by atoms with Crippen molar-refractivity contribution >= 4 is 23.3 Å². The van der Waals surface area contributed by atoms with E-state index in [2.05, 4.69) is 15.7 Å². The van der Waals surface area contributed by atoms with E-state index in [9.17, 15) is 19.5 Å². The molecule has 1 heterocycles. The number of carbonyl (C=O) groups is 3. The van der Waals surface area contributed by atoms with E-state index in [1.54, 1.807) is 17.0 Å². The number of carbonyl (C=O) groups excluding carboxylic acids is 2. The first-order valence-corrected chi connectivity index (χ1v) is 11.6. The molecule has 0 fully saturated rings. The first-order valence-electron chi connectivity index (χ1n) is 11.6. The number of Topliss-reactive ketones (excluding diaryl/α,β-unsaturated/α-hetero) is 1. The number of anilines is 1. The lowest BCUT2D eigenvalue weighted by Gasteiger charge is -2.42. The lowest BCUT2D eigenvalue weighted by Crippen LogP contribution is -2.55. The Bertz CT molecular complexity index is 930. The lowest BCUT2D eigenvalue weighted by atomic mass is 9.61. The van der Waals surface area contributed by atoms with Gasteiger partial charge in [0.15, 0.2) is 5.78 Å². The predicted molar refractivity (Wildman–Crippen MR) is 130 cm³/mol. The number of carboxylic acids is 1. The summed E-state index contributed by atoms with van der Waals surface area (Å²) in [7, 11) is 0. The van der Waals surface area contributed by atoms with Gasteiger partial charge in [0.25, 0.3) is 0 Å². The van der Waals surface area contributed by atoms with E-state index < -0.39 is 29.1 Å². The van der Waals surface area contributed by atoms with Gasteiger partial charge in [0.2, 0.25) is 5.91 Å². The number of nitrogens with one attached hydrogen (secondary N) is 2. The van der Waals surface area contributed by atoms with Crippen LogP contribution in [0.5, 0.6) is 0 Å². The van der Waals surface area contributed by atoms with Gasteiger partial charge < -0.3 is 15.0 Å². The number of imidazole rings is 1. The minimum atomic E-state index is -1.38. The van der Waals surface area contributed by atoms with Gasteiger partial charge >= 0.3 is 5.97 Å². The molecule has 2 rings (SSSR count). The maximum absolute atomic E-state index is 14.0. The zero-order valence-corrected chi connectivity index (χ0v) is 20.4. The van der Waals surface area contributed by atoms with Crippen molar-refractivity contribution in [3.8, 4) is 0 Å². The van der Waals surface area contributed by atoms with Gasteiger partial charge in [-0.25, -0.2) is 10.8 Å². The number of amides is 1. The molecule has 34 heavy (non-hydrogen) atoms. The molecule has 0 bridgehead atoms. The molecule has 3 atom stereocenters. The summed E-state index contributed by atoms with van der Waals surface area (Å²) >= 11 is 0. The van der Waals surface area contributed by atoms with Crippen molar-refractivity contribution in [3.63, 3.8) is 0 Å². The molecule has 9 nitrogen and oxygen atoms in total. The fourth-order valence-electron chi connectivity index (χ4n) is 4.75. The number of carboxylic acid groups (broad SMARTS) is 1. The second-order valence-electron chi connectivity index (χ2n) is 9.69. The molecule has 9 heteroatoms. The molecule has 5 N–H and O–H groups in total. The third-order valence-corrected chi connectivity index (χ3v) is 6.06. The van der Waals surface area contributed by atoms with Crippen LogP contribution in [-0.2, 0) is 20.9 Å². The summed E-state index contributed by atoms with van der Waals surface area (Å²) in [5, 5.41) is 13.8. The normalized spacial score (nSPS) is 14.9. The minimum absolute atomic E-state index is 0.00759. The number of ketones is 1. The van der Waals surface area contributed by atoms with Crippen LogP contribution in [-0.4, -0.2) is 38.9 Å². The number of aromatic nitrogens is 2. The molecule has 0 saturated heterocycles. The highest BCUT2D eigenvalue weighted by molar-refractivity contribution is 5.93. The molecule has 0 spiro atoms. The molecule has 1 unspecified atom stereocenters. The van der Waals surface area contributed by atoms with E-state index in [0.29, 0.717) is 0 Å².